The fourth-order valence-electron chi connectivity index (χ4n) is 3.02. The van der Waals surface area contributed by atoms with E-state index in [0.717, 1.165) is 31.9 Å². The number of ether oxygens (including phenoxy) is 2. The Morgan fingerprint density at radius 2 is 1.83 bits per heavy atom. The zero-order valence-electron chi connectivity index (χ0n) is 16.2. The lowest BCUT2D eigenvalue weighted by atomic mass is 10.1. The molecule has 6 nitrogen and oxygen atoms in total. The normalized spacial score (nSPS) is 12.3. The van der Waals surface area contributed by atoms with Gasteiger partial charge >= 0.3 is 0 Å². The first-order chi connectivity index (χ1) is 14.5. The molecule has 0 fully saturated rings. The van der Waals surface area contributed by atoms with E-state index in [9.17, 15) is 9.59 Å². The van der Waals surface area contributed by atoms with Gasteiger partial charge in [0.1, 0.15) is 13.2 Å². The Bertz CT molecular complexity index is 1110. The lowest BCUT2D eigenvalue weighted by Gasteiger charge is -2.18. The standard InChI is InChI=1S/C22H19BrN2O4S/c1-13-10-15(23)3-4-16(13)25-21(26)12-24-22(27)20-7-6-19(30-20)14-2-5-17-18(11-14)29-9-8-28-17/h2-7,10-11H,8-9,12H2,1H3,(H,24,27)(H,25,26). The van der Waals surface area contributed by atoms with Gasteiger partial charge in [-0.2, -0.15) is 0 Å². The summed E-state index contributed by atoms with van der Waals surface area (Å²) in [5.74, 6) is 0.869. The molecular weight excluding hydrogens is 468 g/mol. The van der Waals surface area contributed by atoms with Crippen molar-refractivity contribution in [1.29, 1.82) is 0 Å². The van der Waals surface area contributed by atoms with E-state index >= 15 is 0 Å². The van der Waals surface area contributed by atoms with Gasteiger partial charge in [-0.3, -0.25) is 9.59 Å². The Hall–Kier alpha value is -2.84. The second-order valence-electron chi connectivity index (χ2n) is 6.71. The fourth-order valence-corrected chi connectivity index (χ4v) is 4.42. The Labute approximate surface area is 186 Å². The van der Waals surface area contributed by atoms with Crippen molar-refractivity contribution in [3.63, 3.8) is 0 Å². The van der Waals surface area contributed by atoms with Crippen molar-refractivity contribution >= 4 is 44.8 Å². The Kier molecular flexibility index (Phi) is 6.06. The highest BCUT2D eigenvalue weighted by atomic mass is 79.9. The Morgan fingerprint density at radius 3 is 2.63 bits per heavy atom. The van der Waals surface area contributed by atoms with Crippen LogP contribution in [0.4, 0.5) is 5.69 Å². The van der Waals surface area contributed by atoms with Crippen molar-refractivity contribution < 1.29 is 19.1 Å². The van der Waals surface area contributed by atoms with Crippen molar-refractivity contribution in [2.75, 3.05) is 25.1 Å². The molecule has 0 atom stereocenters. The molecule has 1 aliphatic heterocycles. The number of fused-ring (bicyclic) bond motifs is 1. The largest absolute Gasteiger partial charge is 0.486 e. The summed E-state index contributed by atoms with van der Waals surface area (Å²) in [5, 5.41) is 5.48. The molecule has 0 radical (unpaired) electrons. The van der Waals surface area contributed by atoms with Crippen LogP contribution < -0.4 is 20.1 Å². The molecule has 8 heteroatoms. The van der Waals surface area contributed by atoms with Crippen LogP contribution in [-0.2, 0) is 4.79 Å². The maximum Gasteiger partial charge on any atom is 0.261 e. The zero-order chi connectivity index (χ0) is 21.1. The second-order valence-corrected chi connectivity index (χ2v) is 8.71. The minimum absolute atomic E-state index is 0.106. The third kappa shape index (κ3) is 4.66. The number of thiophene rings is 1. The van der Waals surface area contributed by atoms with Gasteiger partial charge in [0.25, 0.3) is 5.91 Å². The van der Waals surface area contributed by atoms with Crippen LogP contribution in [0.2, 0.25) is 0 Å². The van der Waals surface area contributed by atoms with Crippen LogP contribution in [-0.4, -0.2) is 31.6 Å². The highest BCUT2D eigenvalue weighted by molar-refractivity contribution is 9.10. The van der Waals surface area contributed by atoms with Gasteiger partial charge in [-0.15, -0.1) is 11.3 Å². The van der Waals surface area contributed by atoms with Crippen LogP contribution in [0.3, 0.4) is 0 Å². The summed E-state index contributed by atoms with van der Waals surface area (Å²) in [6, 6.07) is 14.9. The molecule has 2 amide bonds. The smallest absolute Gasteiger partial charge is 0.261 e. The molecule has 0 aliphatic carbocycles. The number of halogens is 1. The van der Waals surface area contributed by atoms with E-state index in [1.165, 1.54) is 11.3 Å². The molecule has 0 saturated carbocycles. The number of hydrogen-bond donors (Lipinski definition) is 2. The molecule has 3 aromatic rings. The number of aryl methyl sites for hydroxylation is 1. The molecule has 0 bridgehead atoms. The van der Waals surface area contributed by atoms with Crippen LogP contribution in [0.5, 0.6) is 11.5 Å². The van der Waals surface area contributed by atoms with Crippen molar-refractivity contribution in [3.8, 4) is 21.9 Å². The minimum atomic E-state index is -0.286. The Balaban J connectivity index is 1.36. The van der Waals surface area contributed by atoms with E-state index in [1.54, 1.807) is 6.07 Å². The summed E-state index contributed by atoms with van der Waals surface area (Å²) >= 11 is 4.75. The number of anilines is 1. The molecule has 2 N–H and O–H groups in total. The van der Waals surface area contributed by atoms with E-state index < -0.39 is 0 Å². The van der Waals surface area contributed by atoms with E-state index in [4.69, 9.17) is 9.47 Å². The highest BCUT2D eigenvalue weighted by Gasteiger charge is 2.15. The molecule has 1 aliphatic rings. The van der Waals surface area contributed by atoms with Gasteiger partial charge in [-0.05, 0) is 66.6 Å². The van der Waals surface area contributed by atoms with Gasteiger partial charge < -0.3 is 20.1 Å². The molecule has 0 spiro atoms. The number of amides is 2. The highest BCUT2D eigenvalue weighted by Crippen LogP contribution is 2.36. The summed E-state index contributed by atoms with van der Waals surface area (Å²) in [7, 11) is 0. The number of benzene rings is 2. The van der Waals surface area contributed by atoms with E-state index in [2.05, 4.69) is 26.6 Å². The van der Waals surface area contributed by atoms with Gasteiger partial charge in [0.15, 0.2) is 11.5 Å². The van der Waals surface area contributed by atoms with Gasteiger partial charge in [-0.1, -0.05) is 15.9 Å². The first kappa shape index (κ1) is 20.4. The first-order valence-electron chi connectivity index (χ1n) is 9.33. The number of hydrogen-bond acceptors (Lipinski definition) is 5. The minimum Gasteiger partial charge on any atom is -0.486 e. The molecule has 4 rings (SSSR count). The first-order valence-corrected chi connectivity index (χ1v) is 10.9. The Morgan fingerprint density at radius 1 is 1.03 bits per heavy atom. The average Bonchev–Trinajstić information content (AvgIpc) is 3.24. The van der Waals surface area contributed by atoms with Gasteiger partial charge in [0.05, 0.1) is 11.4 Å². The maximum atomic E-state index is 12.5. The lowest BCUT2D eigenvalue weighted by molar-refractivity contribution is -0.115. The van der Waals surface area contributed by atoms with Crippen molar-refractivity contribution in [3.05, 3.63) is 63.4 Å². The van der Waals surface area contributed by atoms with Crippen molar-refractivity contribution in [1.82, 2.24) is 5.32 Å². The predicted molar refractivity (Wildman–Crippen MR) is 121 cm³/mol. The monoisotopic (exact) mass is 486 g/mol. The molecule has 154 valence electrons. The number of carbonyl (C=O) groups is 2. The summed E-state index contributed by atoms with van der Waals surface area (Å²) in [5.41, 5.74) is 2.60. The molecule has 1 aromatic heterocycles. The zero-order valence-corrected chi connectivity index (χ0v) is 18.6. The average molecular weight is 487 g/mol. The van der Waals surface area contributed by atoms with Gasteiger partial charge in [-0.25, -0.2) is 0 Å². The van der Waals surface area contributed by atoms with Crippen molar-refractivity contribution in [2.45, 2.75) is 6.92 Å². The third-order valence-electron chi connectivity index (χ3n) is 4.53. The number of nitrogens with one attached hydrogen (secondary N) is 2. The van der Waals surface area contributed by atoms with Crippen LogP contribution in [0.15, 0.2) is 53.0 Å². The number of carbonyl (C=O) groups excluding carboxylic acids is 2. The second kappa shape index (κ2) is 8.89. The van der Waals surface area contributed by atoms with Crippen molar-refractivity contribution in [2.24, 2.45) is 0 Å². The van der Waals surface area contributed by atoms with Crippen LogP contribution in [0.25, 0.3) is 10.4 Å². The molecule has 0 unspecified atom stereocenters. The summed E-state index contributed by atoms with van der Waals surface area (Å²) < 4.78 is 12.1. The van der Waals surface area contributed by atoms with E-state index in [0.29, 0.717) is 23.8 Å². The topological polar surface area (TPSA) is 76.7 Å². The van der Waals surface area contributed by atoms with E-state index in [-0.39, 0.29) is 18.4 Å². The van der Waals surface area contributed by atoms with Gasteiger partial charge in [0, 0.05) is 15.0 Å². The molecule has 2 heterocycles. The summed E-state index contributed by atoms with van der Waals surface area (Å²) in [6.45, 7) is 2.87. The molecule has 2 aromatic carbocycles. The predicted octanol–water partition coefficient (Wildman–Crippen LogP) is 4.63. The van der Waals surface area contributed by atoms with Crippen LogP contribution in [0, 0.1) is 6.92 Å². The molecular formula is C22H19BrN2O4S. The van der Waals surface area contributed by atoms with Crippen LogP contribution >= 0.6 is 27.3 Å². The summed E-state index contributed by atoms with van der Waals surface area (Å²) in [6.07, 6.45) is 0. The maximum absolute atomic E-state index is 12.5. The fraction of sp³-hybridized carbons (Fsp3) is 0.182. The third-order valence-corrected chi connectivity index (χ3v) is 6.15. The molecule has 0 saturated heterocycles. The quantitative estimate of drug-likeness (QED) is 0.551. The van der Waals surface area contributed by atoms with Crippen LogP contribution in [0.1, 0.15) is 15.2 Å². The number of rotatable bonds is 5. The SMILES string of the molecule is Cc1cc(Br)ccc1NC(=O)CNC(=O)c1ccc(-c2ccc3c(c2)OCCO3)s1. The summed E-state index contributed by atoms with van der Waals surface area (Å²) in [4.78, 5) is 26.1. The lowest BCUT2D eigenvalue weighted by Crippen LogP contribution is -2.32. The molecule has 30 heavy (non-hydrogen) atoms. The van der Waals surface area contributed by atoms with Gasteiger partial charge in [0.2, 0.25) is 5.91 Å². The van der Waals surface area contributed by atoms with E-state index in [1.807, 2.05) is 49.4 Å².